The van der Waals surface area contributed by atoms with E-state index in [0.717, 1.165) is 11.8 Å². The highest BCUT2D eigenvalue weighted by atomic mass is 79.9. The lowest BCUT2D eigenvalue weighted by atomic mass is 9.97. The molecule has 0 aromatic heterocycles. The van der Waals surface area contributed by atoms with Crippen LogP contribution in [0.5, 0.6) is 0 Å². The topological polar surface area (TPSA) is 0 Å². The van der Waals surface area contributed by atoms with Crippen molar-refractivity contribution in [1.82, 2.24) is 0 Å². The van der Waals surface area contributed by atoms with Crippen molar-refractivity contribution in [2.45, 2.75) is 45.4 Å². The van der Waals surface area contributed by atoms with Crippen LogP contribution in [0.4, 0.5) is 0 Å². The van der Waals surface area contributed by atoms with Crippen molar-refractivity contribution in [2.75, 3.05) is 5.33 Å². The normalized spacial score (nSPS) is 33.3. The molecule has 0 heterocycles. The predicted molar refractivity (Wildman–Crippen MR) is 54.2 cm³/mol. The zero-order chi connectivity index (χ0) is 8.10. The van der Waals surface area contributed by atoms with E-state index in [2.05, 4.69) is 22.9 Å². The van der Waals surface area contributed by atoms with Crippen molar-refractivity contribution < 1.29 is 0 Å². The fraction of sp³-hybridized carbons (Fsp3) is 1.00. The number of hydrogen-bond donors (Lipinski definition) is 0. The van der Waals surface area contributed by atoms with Crippen LogP contribution in [-0.4, -0.2) is 5.33 Å². The van der Waals surface area contributed by atoms with E-state index in [1.165, 1.54) is 43.9 Å². The van der Waals surface area contributed by atoms with Crippen LogP contribution in [0, 0.1) is 11.8 Å². The van der Waals surface area contributed by atoms with Gasteiger partial charge in [-0.15, -0.1) is 0 Å². The smallest absolute Gasteiger partial charge is 0.00339 e. The first-order valence-corrected chi connectivity index (χ1v) is 6.01. The van der Waals surface area contributed by atoms with Gasteiger partial charge < -0.3 is 0 Å². The standard InChI is InChI=1S/C10H19Br/c1-9-3-2-4-10(6-5-9)7-8-11/h9-10H,2-8H2,1H3. The quantitative estimate of drug-likeness (QED) is 0.486. The first-order chi connectivity index (χ1) is 5.33. The molecule has 2 atom stereocenters. The predicted octanol–water partition coefficient (Wildman–Crippen LogP) is 3.99. The second kappa shape index (κ2) is 5.18. The van der Waals surface area contributed by atoms with Crippen LogP contribution >= 0.6 is 15.9 Å². The first-order valence-electron chi connectivity index (χ1n) is 4.89. The SMILES string of the molecule is CC1CCCC(CCBr)CC1. The lowest BCUT2D eigenvalue weighted by Gasteiger charge is -2.11. The van der Waals surface area contributed by atoms with E-state index in [1.807, 2.05) is 0 Å². The van der Waals surface area contributed by atoms with E-state index in [1.54, 1.807) is 0 Å². The van der Waals surface area contributed by atoms with Gasteiger partial charge in [-0.1, -0.05) is 55.0 Å². The highest BCUT2D eigenvalue weighted by Crippen LogP contribution is 2.28. The summed E-state index contributed by atoms with van der Waals surface area (Å²) >= 11 is 3.53. The Balaban J connectivity index is 2.22. The molecule has 66 valence electrons. The summed E-state index contributed by atoms with van der Waals surface area (Å²) < 4.78 is 0. The third kappa shape index (κ3) is 3.59. The molecule has 0 nitrogen and oxygen atoms in total. The fourth-order valence-corrected chi connectivity index (χ4v) is 2.65. The Kier molecular flexibility index (Phi) is 4.51. The van der Waals surface area contributed by atoms with Crippen LogP contribution < -0.4 is 0 Å². The summed E-state index contributed by atoms with van der Waals surface area (Å²) in [6, 6.07) is 0. The van der Waals surface area contributed by atoms with Crippen molar-refractivity contribution in [1.29, 1.82) is 0 Å². The largest absolute Gasteiger partial charge is 0.0928 e. The molecule has 0 spiro atoms. The van der Waals surface area contributed by atoms with E-state index >= 15 is 0 Å². The molecule has 0 aromatic carbocycles. The van der Waals surface area contributed by atoms with Crippen LogP contribution in [0.2, 0.25) is 0 Å². The molecular formula is C10H19Br. The Labute approximate surface area is 78.9 Å². The summed E-state index contributed by atoms with van der Waals surface area (Å²) in [6.45, 7) is 2.40. The Morgan fingerprint density at radius 3 is 2.73 bits per heavy atom. The van der Waals surface area contributed by atoms with Gasteiger partial charge in [-0.05, 0) is 18.3 Å². The van der Waals surface area contributed by atoms with E-state index in [4.69, 9.17) is 0 Å². The van der Waals surface area contributed by atoms with E-state index in [-0.39, 0.29) is 0 Å². The van der Waals surface area contributed by atoms with Crippen LogP contribution in [0.25, 0.3) is 0 Å². The minimum absolute atomic E-state index is 0.996. The third-order valence-electron chi connectivity index (χ3n) is 2.89. The van der Waals surface area contributed by atoms with Crippen molar-refractivity contribution in [2.24, 2.45) is 11.8 Å². The maximum absolute atomic E-state index is 3.53. The Hall–Kier alpha value is 0.480. The lowest BCUT2D eigenvalue weighted by molar-refractivity contribution is 0.438. The second-order valence-electron chi connectivity index (χ2n) is 3.96. The molecule has 0 bridgehead atoms. The summed E-state index contributed by atoms with van der Waals surface area (Å²) in [5.74, 6) is 2.02. The molecule has 0 aliphatic heterocycles. The molecule has 0 saturated heterocycles. The average Bonchev–Trinajstić information content (AvgIpc) is 2.17. The Morgan fingerprint density at radius 1 is 1.18 bits per heavy atom. The van der Waals surface area contributed by atoms with Gasteiger partial charge in [0, 0.05) is 5.33 Å². The van der Waals surface area contributed by atoms with E-state index in [9.17, 15) is 0 Å². The maximum atomic E-state index is 3.53. The van der Waals surface area contributed by atoms with Crippen LogP contribution in [-0.2, 0) is 0 Å². The minimum Gasteiger partial charge on any atom is -0.0928 e. The molecule has 1 aliphatic carbocycles. The van der Waals surface area contributed by atoms with Gasteiger partial charge in [0.1, 0.15) is 0 Å². The number of halogens is 1. The zero-order valence-electron chi connectivity index (χ0n) is 7.48. The molecule has 1 rings (SSSR count). The Morgan fingerprint density at radius 2 is 2.00 bits per heavy atom. The average molecular weight is 219 g/mol. The van der Waals surface area contributed by atoms with E-state index < -0.39 is 0 Å². The summed E-state index contributed by atoms with van der Waals surface area (Å²) in [5, 5.41) is 1.20. The number of hydrogen-bond acceptors (Lipinski definition) is 0. The second-order valence-corrected chi connectivity index (χ2v) is 4.75. The monoisotopic (exact) mass is 218 g/mol. The van der Waals surface area contributed by atoms with Crippen molar-refractivity contribution in [3.63, 3.8) is 0 Å². The molecule has 1 saturated carbocycles. The highest BCUT2D eigenvalue weighted by molar-refractivity contribution is 9.09. The molecule has 2 unspecified atom stereocenters. The summed E-state index contributed by atoms with van der Waals surface area (Å²) in [7, 11) is 0. The number of rotatable bonds is 2. The highest BCUT2D eigenvalue weighted by Gasteiger charge is 2.14. The van der Waals surface area contributed by atoms with Gasteiger partial charge in [0.15, 0.2) is 0 Å². The van der Waals surface area contributed by atoms with Crippen molar-refractivity contribution >= 4 is 15.9 Å². The van der Waals surface area contributed by atoms with Crippen molar-refractivity contribution in [3.8, 4) is 0 Å². The fourth-order valence-electron chi connectivity index (χ4n) is 2.01. The summed E-state index contributed by atoms with van der Waals surface area (Å²) in [4.78, 5) is 0. The first kappa shape index (κ1) is 9.57. The van der Waals surface area contributed by atoms with Gasteiger partial charge in [0.2, 0.25) is 0 Å². The summed E-state index contributed by atoms with van der Waals surface area (Å²) in [6.07, 6.45) is 8.77. The lowest BCUT2D eigenvalue weighted by Crippen LogP contribution is -1.99. The van der Waals surface area contributed by atoms with Crippen LogP contribution in [0.15, 0.2) is 0 Å². The van der Waals surface area contributed by atoms with Crippen LogP contribution in [0.1, 0.15) is 45.4 Å². The molecule has 0 amide bonds. The zero-order valence-corrected chi connectivity index (χ0v) is 9.07. The molecule has 1 fully saturated rings. The number of alkyl halides is 1. The van der Waals surface area contributed by atoms with Crippen LogP contribution in [0.3, 0.4) is 0 Å². The molecule has 11 heavy (non-hydrogen) atoms. The third-order valence-corrected chi connectivity index (χ3v) is 3.35. The van der Waals surface area contributed by atoms with Crippen molar-refractivity contribution in [3.05, 3.63) is 0 Å². The van der Waals surface area contributed by atoms with Gasteiger partial charge in [-0.2, -0.15) is 0 Å². The van der Waals surface area contributed by atoms with Gasteiger partial charge in [-0.25, -0.2) is 0 Å². The minimum atomic E-state index is 0.996. The summed E-state index contributed by atoms with van der Waals surface area (Å²) in [5.41, 5.74) is 0. The van der Waals surface area contributed by atoms with E-state index in [0.29, 0.717) is 0 Å². The molecule has 0 radical (unpaired) electrons. The Bertz CT molecular complexity index is 101. The van der Waals surface area contributed by atoms with Gasteiger partial charge in [-0.3, -0.25) is 0 Å². The molecular weight excluding hydrogens is 200 g/mol. The molecule has 1 aliphatic rings. The maximum Gasteiger partial charge on any atom is 0.00339 e. The van der Waals surface area contributed by atoms with Gasteiger partial charge in [0.25, 0.3) is 0 Å². The molecule has 1 heteroatoms. The van der Waals surface area contributed by atoms with Gasteiger partial charge in [0.05, 0.1) is 0 Å². The molecule has 0 N–H and O–H groups in total. The van der Waals surface area contributed by atoms with Gasteiger partial charge >= 0.3 is 0 Å². The molecule has 0 aromatic rings.